The molecule has 0 fully saturated rings. The van der Waals surface area contributed by atoms with E-state index in [1.807, 2.05) is 6.20 Å². The Morgan fingerprint density at radius 2 is 1.75 bits per heavy atom. The monoisotopic (exact) mass is 322 g/mol. The first-order valence-corrected chi connectivity index (χ1v) is 9.21. The van der Waals surface area contributed by atoms with Gasteiger partial charge in [-0.3, -0.25) is 4.98 Å². The molecule has 0 unspecified atom stereocenters. The lowest BCUT2D eigenvalue weighted by Gasteiger charge is -2.26. The Balaban J connectivity index is 2.61. The maximum atomic E-state index is 4.78. The molecule has 1 heterocycles. The summed E-state index contributed by atoms with van der Waals surface area (Å²) in [5.41, 5.74) is 6.26. The fraction of sp³-hybridized carbons (Fsp3) is 0.409. The molecule has 0 aliphatic rings. The number of hydrogen-bond donors (Lipinski definition) is 0. The molecule has 2 rings (SSSR count). The second-order valence-electron chi connectivity index (χ2n) is 6.09. The van der Waals surface area contributed by atoms with Crippen molar-refractivity contribution in [2.24, 2.45) is 0 Å². The Morgan fingerprint density at radius 3 is 2.38 bits per heavy atom. The van der Waals surface area contributed by atoms with Crippen LogP contribution in [0.3, 0.4) is 0 Å². The van der Waals surface area contributed by atoms with Crippen LogP contribution in [-0.2, 0) is 6.42 Å². The van der Waals surface area contributed by atoms with Gasteiger partial charge in [0.25, 0.3) is 0 Å². The average molecular weight is 322 g/mol. The molecule has 2 aromatic rings. The SMILES string of the molecule is C/C=C\c1c(CC)cccc1-c1ncccc1N(CCC)CCC. The summed E-state index contributed by atoms with van der Waals surface area (Å²) in [6.07, 6.45) is 9.57. The van der Waals surface area contributed by atoms with Crippen molar-refractivity contribution in [2.45, 2.75) is 47.0 Å². The first-order valence-electron chi connectivity index (χ1n) is 9.21. The molecular formula is C22H30N2. The predicted octanol–water partition coefficient (Wildman–Crippen LogP) is 5.97. The molecule has 0 N–H and O–H groups in total. The van der Waals surface area contributed by atoms with Crippen molar-refractivity contribution >= 4 is 11.8 Å². The fourth-order valence-corrected chi connectivity index (χ4v) is 3.24. The van der Waals surface area contributed by atoms with E-state index in [1.54, 1.807) is 0 Å². The van der Waals surface area contributed by atoms with E-state index in [1.165, 1.54) is 22.4 Å². The number of anilines is 1. The third-order valence-electron chi connectivity index (χ3n) is 4.28. The second-order valence-corrected chi connectivity index (χ2v) is 6.09. The molecule has 0 saturated heterocycles. The zero-order chi connectivity index (χ0) is 17.4. The summed E-state index contributed by atoms with van der Waals surface area (Å²) >= 11 is 0. The maximum Gasteiger partial charge on any atom is 0.0941 e. The second kappa shape index (κ2) is 9.27. The highest BCUT2D eigenvalue weighted by Gasteiger charge is 2.15. The molecule has 1 aromatic carbocycles. The van der Waals surface area contributed by atoms with Crippen molar-refractivity contribution in [3.05, 3.63) is 53.7 Å². The minimum atomic E-state index is 1.03. The van der Waals surface area contributed by atoms with Gasteiger partial charge in [0.1, 0.15) is 0 Å². The summed E-state index contributed by atoms with van der Waals surface area (Å²) in [5, 5.41) is 0. The Bertz CT molecular complexity index is 667. The molecule has 0 aliphatic heterocycles. The molecule has 0 radical (unpaired) electrons. The molecule has 0 saturated carbocycles. The van der Waals surface area contributed by atoms with Crippen LogP contribution in [0.15, 0.2) is 42.6 Å². The summed E-state index contributed by atoms with van der Waals surface area (Å²) in [6.45, 7) is 10.9. The van der Waals surface area contributed by atoms with Gasteiger partial charge in [-0.25, -0.2) is 0 Å². The number of benzene rings is 1. The topological polar surface area (TPSA) is 16.1 Å². The zero-order valence-electron chi connectivity index (χ0n) is 15.5. The molecule has 128 valence electrons. The molecule has 0 amide bonds. The molecular weight excluding hydrogens is 292 g/mol. The van der Waals surface area contributed by atoms with Gasteiger partial charge in [-0.15, -0.1) is 0 Å². The number of hydrogen-bond acceptors (Lipinski definition) is 2. The highest BCUT2D eigenvalue weighted by atomic mass is 15.1. The van der Waals surface area contributed by atoms with Crippen LogP contribution in [0.25, 0.3) is 17.3 Å². The van der Waals surface area contributed by atoms with Gasteiger partial charge in [-0.2, -0.15) is 0 Å². The minimum absolute atomic E-state index is 1.03. The van der Waals surface area contributed by atoms with E-state index in [0.29, 0.717) is 0 Å². The molecule has 0 spiro atoms. The standard InChI is InChI=1S/C22H30N2/c1-5-11-19-18(8-4)12-9-13-20(19)22-21(14-10-15-23-22)24(16-6-2)17-7-3/h5,9-15H,6-8,16-17H2,1-4H3/b11-5-. The maximum absolute atomic E-state index is 4.78. The van der Waals surface area contributed by atoms with Crippen molar-refractivity contribution in [2.75, 3.05) is 18.0 Å². The molecule has 24 heavy (non-hydrogen) atoms. The van der Waals surface area contributed by atoms with Gasteiger partial charge in [-0.05, 0) is 49.4 Å². The van der Waals surface area contributed by atoms with E-state index in [9.17, 15) is 0 Å². The van der Waals surface area contributed by atoms with Gasteiger partial charge in [-0.1, -0.05) is 51.1 Å². The number of nitrogens with zero attached hydrogens (tertiary/aromatic N) is 2. The normalized spacial score (nSPS) is 11.2. The average Bonchev–Trinajstić information content (AvgIpc) is 2.62. The highest BCUT2D eigenvalue weighted by Crippen LogP contribution is 2.33. The van der Waals surface area contributed by atoms with E-state index < -0.39 is 0 Å². The summed E-state index contributed by atoms with van der Waals surface area (Å²) in [5.74, 6) is 0. The van der Waals surface area contributed by atoms with Gasteiger partial charge < -0.3 is 4.90 Å². The van der Waals surface area contributed by atoms with Gasteiger partial charge in [0, 0.05) is 24.8 Å². The summed E-state index contributed by atoms with van der Waals surface area (Å²) in [7, 11) is 0. The van der Waals surface area contributed by atoms with Crippen LogP contribution in [0, 0.1) is 0 Å². The van der Waals surface area contributed by atoms with Gasteiger partial charge >= 0.3 is 0 Å². The van der Waals surface area contributed by atoms with Crippen molar-refractivity contribution in [1.82, 2.24) is 4.98 Å². The molecule has 2 nitrogen and oxygen atoms in total. The van der Waals surface area contributed by atoms with E-state index in [2.05, 4.69) is 75.1 Å². The smallest absolute Gasteiger partial charge is 0.0941 e. The molecule has 2 heteroatoms. The lowest BCUT2D eigenvalue weighted by atomic mass is 9.95. The predicted molar refractivity (Wildman–Crippen MR) is 107 cm³/mol. The lowest BCUT2D eigenvalue weighted by molar-refractivity contribution is 0.744. The molecule has 1 aromatic heterocycles. The number of pyridine rings is 1. The largest absolute Gasteiger partial charge is 0.370 e. The van der Waals surface area contributed by atoms with Crippen molar-refractivity contribution in [3.63, 3.8) is 0 Å². The summed E-state index contributed by atoms with van der Waals surface area (Å²) in [4.78, 5) is 7.25. The van der Waals surface area contributed by atoms with E-state index in [4.69, 9.17) is 4.98 Å². The van der Waals surface area contributed by atoms with Crippen LogP contribution in [0.1, 0.15) is 51.7 Å². The van der Waals surface area contributed by atoms with Crippen molar-refractivity contribution in [3.8, 4) is 11.3 Å². The van der Waals surface area contributed by atoms with Crippen LogP contribution in [0.2, 0.25) is 0 Å². The summed E-state index contributed by atoms with van der Waals surface area (Å²) in [6, 6.07) is 10.8. The molecule has 0 bridgehead atoms. The first-order chi connectivity index (χ1) is 11.8. The van der Waals surface area contributed by atoms with E-state index in [-0.39, 0.29) is 0 Å². The number of aryl methyl sites for hydroxylation is 1. The quantitative estimate of drug-likeness (QED) is 0.595. The Labute approximate surface area is 147 Å². The molecule has 0 aliphatic carbocycles. The number of allylic oxidation sites excluding steroid dienone is 1. The van der Waals surface area contributed by atoms with E-state index in [0.717, 1.165) is 38.0 Å². The molecule has 0 atom stereocenters. The number of rotatable bonds is 8. The Morgan fingerprint density at radius 1 is 1.00 bits per heavy atom. The van der Waals surface area contributed by atoms with Crippen molar-refractivity contribution < 1.29 is 0 Å². The van der Waals surface area contributed by atoms with Crippen LogP contribution in [0.5, 0.6) is 0 Å². The highest BCUT2D eigenvalue weighted by molar-refractivity contribution is 5.82. The van der Waals surface area contributed by atoms with Crippen LogP contribution < -0.4 is 4.90 Å². The van der Waals surface area contributed by atoms with Crippen LogP contribution in [-0.4, -0.2) is 18.1 Å². The third kappa shape index (κ3) is 4.05. The summed E-state index contributed by atoms with van der Waals surface area (Å²) < 4.78 is 0. The van der Waals surface area contributed by atoms with Crippen molar-refractivity contribution in [1.29, 1.82) is 0 Å². The Hall–Kier alpha value is -2.09. The fourth-order valence-electron chi connectivity index (χ4n) is 3.24. The van der Waals surface area contributed by atoms with E-state index >= 15 is 0 Å². The van der Waals surface area contributed by atoms with Gasteiger partial charge in [0.05, 0.1) is 11.4 Å². The third-order valence-corrected chi connectivity index (χ3v) is 4.28. The van der Waals surface area contributed by atoms with Crippen LogP contribution >= 0.6 is 0 Å². The Kier molecular flexibility index (Phi) is 7.05. The zero-order valence-corrected chi connectivity index (χ0v) is 15.5. The lowest BCUT2D eigenvalue weighted by Crippen LogP contribution is -2.25. The van der Waals surface area contributed by atoms with Crippen LogP contribution in [0.4, 0.5) is 5.69 Å². The van der Waals surface area contributed by atoms with Gasteiger partial charge in [0.15, 0.2) is 0 Å². The minimum Gasteiger partial charge on any atom is -0.370 e. The number of aromatic nitrogens is 1. The van der Waals surface area contributed by atoms with Gasteiger partial charge in [0.2, 0.25) is 0 Å². The first kappa shape index (κ1) is 18.3.